The molecule has 2 N–H and O–H groups in total. The van der Waals surface area contributed by atoms with E-state index >= 15 is 0 Å². The molecule has 1 aliphatic carbocycles. The van der Waals surface area contributed by atoms with Gasteiger partial charge in [-0.2, -0.15) is 0 Å². The molecule has 1 heterocycles. The predicted molar refractivity (Wildman–Crippen MR) is 66.3 cm³/mol. The summed E-state index contributed by atoms with van der Waals surface area (Å²) in [6, 6.07) is 0.950. The zero-order valence-electron chi connectivity index (χ0n) is 10.9. The first-order valence-electron chi connectivity index (χ1n) is 6.53. The Morgan fingerprint density at radius 2 is 2.12 bits per heavy atom. The Morgan fingerprint density at radius 1 is 1.38 bits per heavy atom. The fourth-order valence-corrected chi connectivity index (χ4v) is 3.33. The Kier molecular flexibility index (Phi) is 3.57. The summed E-state index contributed by atoms with van der Waals surface area (Å²) in [6.07, 6.45) is 3.82. The second-order valence-electron chi connectivity index (χ2n) is 6.23. The first-order valence-corrected chi connectivity index (χ1v) is 6.53. The van der Waals surface area contributed by atoms with Crippen molar-refractivity contribution < 1.29 is 4.74 Å². The molecule has 1 saturated carbocycles. The molecule has 0 amide bonds. The summed E-state index contributed by atoms with van der Waals surface area (Å²) in [7, 11) is 1.80. The quantitative estimate of drug-likeness (QED) is 0.792. The minimum Gasteiger partial charge on any atom is -0.384 e. The number of nitrogens with zero attached hydrogens (tertiary/aromatic N) is 1. The van der Waals surface area contributed by atoms with Crippen LogP contribution in [0, 0.1) is 11.3 Å². The Balaban J connectivity index is 1.91. The number of rotatable bonds is 3. The monoisotopic (exact) mass is 226 g/mol. The SMILES string of the molecule is COCC1CCN(C2CCC(C)(C)C2N)C1. The summed E-state index contributed by atoms with van der Waals surface area (Å²) in [5.41, 5.74) is 6.71. The van der Waals surface area contributed by atoms with Crippen molar-refractivity contribution in [3.05, 3.63) is 0 Å². The van der Waals surface area contributed by atoms with Gasteiger partial charge in [0.25, 0.3) is 0 Å². The maximum absolute atomic E-state index is 6.38. The molecule has 0 bridgehead atoms. The molecule has 3 unspecified atom stereocenters. The van der Waals surface area contributed by atoms with Crippen LogP contribution in [0.25, 0.3) is 0 Å². The second-order valence-corrected chi connectivity index (χ2v) is 6.23. The number of hydrogen-bond acceptors (Lipinski definition) is 3. The van der Waals surface area contributed by atoms with E-state index in [1.807, 2.05) is 0 Å². The number of likely N-dealkylation sites (tertiary alicyclic amines) is 1. The molecule has 3 nitrogen and oxygen atoms in total. The van der Waals surface area contributed by atoms with Crippen molar-refractivity contribution >= 4 is 0 Å². The Hall–Kier alpha value is -0.120. The summed E-state index contributed by atoms with van der Waals surface area (Å²) in [6.45, 7) is 7.91. The first-order chi connectivity index (χ1) is 7.54. The van der Waals surface area contributed by atoms with Gasteiger partial charge in [0.05, 0.1) is 6.61 Å². The lowest BCUT2D eigenvalue weighted by atomic mass is 9.87. The van der Waals surface area contributed by atoms with Crippen LogP contribution in [0.15, 0.2) is 0 Å². The Bertz CT molecular complexity index is 242. The molecule has 16 heavy (non-hydrogen) atoms. The maximum atomic E-state index is 6.38. The summed E-state index contributed by atoms with van der Waals surface area (Å²) in [5, 5.41) is 0. The lowest BCUT2D eigenvalue weighted by Gasteiger charge is -2.32. The molecule has 0 radical (unpaired) electrons. The van der Waals surface area contributed by atoms with Gasteiger partial charge >= 0.3 is 0 Å². The summed E-state index contributed by atoms with van der Waals surface area (Å²) >= 11 is 0. The zero-order valence-corrected chi connectivity index (χ0v) is 10.9. The average Bonchev–Trinajstić information content (AvgIpc) is 2.75. The highest BCUT2D eigenvalue weighted by atomic mass is 16.5. The standard InChI is InChI=1S/C13H26N2O/c1-13(2)6-4-11(12(13)14)15-7-5-10(8-15)9-16-3/h10-12H,4-9,14H2,1-3H3. The molecule has 1 saturated heterocycles. The van der Waals surface area contributed by atoms with Crippen molar-refractivity contribution in [2.45, 2.75) is 45.2 Å². The fourth-order valence-electron chi connectivity index (χ4n) is 3.33. The van der Waals surface area contributed by atoms with Gasteiger partial charge in [-0.05, 0) is 37.1 Å². The molecule has 0 aromatic rings. The van der Waals surface area contributed by atoms with E-state index in [1.165, 1.54) is 32.4 Å². The molecular weight excluding hydrogens is 200 g/mol. The largest absolute Gasteiger partial charge is 0.384 e. The van der Waals surface area contributed by atoms with Crippen LogP contribution in [0.5, 0.6) is 0 Å². The van der Waals surface area contributed by atoms with Gasteiger partial charge in [-0.25, -0.2) is 0 Å². The molecule has 2 rings (SSSR count). The topological polar surface area (TPSA) is 38.5 Å². The average molecular weight is 226 g/mol. The van der Waals surface area contributed by atoms with E-state index in [0.29, 0.717) is 17.5 Å². The van der Waals surface area contributed by atoms with Gasteiger partial charge in [-0.3, -0.25) is 4.90 Å². The minimum atomic E-state index is 0.323. The maximum Gasteiger partial charge on any atom is 0.0503 e. The molecule has 0 spiro atoms. The van der Waals surface area contributed by atoms with Crippen molar-refractivity contribution in [1.29, 1.82) is 0 Å². The fraction of sp³-hybridized carbons (Fsp3) is 1.00. The van der Waals surface area contributed by atoms with Crippen LogP contribution in [0.2, 0.25) is 0 Å². The number of hydrogen-bond donors (Lipinski definition) is 1. The van der Waals surface area contributed by atoms with Crippen molar-refractivity contribution in [2.75, 3.05) is 26.8 Å². The second kappa shape index (κ2) is 4.63. The highest BCUT2D eigenvalue weighted by Gasteiger charge is 2.43. The van der Waals surface area contributed by atoms with E-state index in [-0.39, 0.29) is 0 Å². The smallest absolute Gasteiger partial charge is 0.0503 e. The molecule has 3 heteroatoms. The summed E-state index contributed by atoms with van der Waals surface area (Å²) in [5.74, 6) is 0.723. The van der Waals surface area contributed by atoms with E-state index < -0.39 is 0 Å². The van der Waals surface area contributed by atoms with Crippen LogP contribution < -0.4 is 5.73 Å². The van der Waals surface area contributed by atoms with Gasteiger partial charge in [0.2, 0.25) is 0 Å². The van der Waals surface area contributed by atoms with Gasteiger partial charge in [0.1, 0.15) is 0 Å². The van der Waals surface area contributed by atoms with Crippen LogP contribution in [0.4, 0.5) is 0 Å². The zero-order chi connectivity index (χ0) is 11.8. The van der Waals surface area contributed by atoms with Crippen molar-refractivity contribution in [3.8, 4) is 0 Å². The Morgan fingerprint density at radius 3 is 2.69 bits per heavy atom. The van der Waals surface area contributed by atoms with E-state index in [9.17, 15) is 0 Å². The third kappa shape index (κ3) is 2.27. The molecule has 1 aliphatic heterocycles. The Labute approximate surface area is 99.3 Å². The predicted octanol–water partition coefficient (Wildman–Crippen LogP) is 1.47. The van der Waals surface area contributed by atoms with Crippen LogP contribution in [-0.4, -0.2) is 43.8 Å². The number of nitrogens with two attached hydrogens (primary N) is 1. The summed E-state index contributed by atoms with van der Waals surface area (Å²) < 4.78 is 5.25. The molecule has 2 fully saturated rings. The molecule has 0 aromatic heterocycles. The van der Waals surface area contributed by atoms with Gasteiger partial charge in [0, 0.05) is 25.7 Å². The lowest BCUT2D eigenvalue weighted by molar-refractivity contribution is 0.141. The van der Waals surface area contributed by atoms with Crippen molar-refractivity contribution in [1.82, 2.24) is 4.90 Å². The van der Waals surface area contributed by atoms with Gasteiger partial charge in [0.15, 0.2) is 0 Å². The molecular formula is C13H26N2O. The normalized spacial score (nSPS) is 39.4. The van der Waals surface area contributed by atoms with E-state index in [2.05, 4.69) is 18.7 Å². The lowest BCUT2D eigenvalue weighted by Crippen LogP contribution is -2.48. The molecule has 94 valence electrons. The first kappa shape index (κ1) is 12.3. The van der Waals surface area contributed by atoms with E-state index in [1.54, 1.807) is 7.11 Å². The third-order valence-electron chi connectivity index (χ3n) is 4.59. The third-order valence-corrected chi connectivity index (χ3v) is 4.59. The van der Waals surface area contributed by atoms with Gasteiger partial charge in [-0.1, -0.05) is 13.8 Å². The molecule has 0 aromatic carbocycles. The van der Waals surface area contributed by atoms with Crippen LogP contribution in [0.1, 0.15) is 33.1 Å². The van der Waals surface area contributed by atoms with Crippen molar-refractivity contribution in [3.63, 3.8) is 0 Å². The highest BCUT2D eigenvalue weighted by Crippen LogP contribution is 2.39. The molecule has 3 atom stereocenters. The minimum absolute atomic E-state index is 0.323. The number of methoxy groups -OCH3 is 1. The number of ether oxygens (including phenoxy) is 1. The van der Waals surface area contributed by atoms with Crippen molar-refractivity contribution in [2.24, 2.45) is 17.1 Å². The van der Waals surface area contributed by atoms with E-state index in [0.717, 1.165) is 12.5 Å². The van der Waals surface area contributed by atoms with Crippen LogP contribution >= 0.6 is 0 Å². The summed E-state index contributed by atoms with van der Waals surface area (Å²) in [4.78, 5) is 2.60. The molecule has 2 aliphatic rings. The van der Waals surface area contributed by atoms with Crippen LogP contribution in [0.3, 0.4) is 0 Å². The van der Waals surface area contributed by atoms with E-state index in [4.69, 9.17) is 10.5 Å². The van der Waals surface area contributed by atoms with Gasteiger partial charge < -0.3 is 10.5 Å². The highest BCUT2D eigenvalue weighted by molar-refractivity contribution is 5.00. The van der Waals surface area contributed by atoms with Gasteiger partial charge in [-0.15, -0.1) is 0 Å². The van der Waals surface area contributed by atoms with Crippen LogP contribution in [-0.2, 0) is 4.74 Å².